The lowest BCUT2D eigenvalue weighted by Gasteiger charge is -2.12. The largest absolute Gasteiger partial charge is 0.305 e. The second kappa shape index (κ2) is 6.65. The Labute approximate surface area is 152 Å². The van der Waals surface area contributed by atoms with Gasteiger partial charge in [-0.3, -0.25) is 15.1 Å². The summed E-state index contributed by atoms with van der Waals surface area (Å²) >= 11 is 0. The highest BCUT2D eigenvalue weighted by Crippen LogP contribution is 2.29. The molecule has 0 unspecified atom stereocenters. The highest BCUT2D eigenvalue weighted by Gasteiger charge is 2.14. The first-order valence-corrected chi connectivity index (χ1v) is 8.49. The molecule has 0 bridgehead atoms. The summed E-state index contributed by atoms with van der Waals surface area (Å²) < 4.78 is 0. The van der Waals surface area contributed by atoms with Crippen molar-refractivity contribution in [3.8, 4) is 22.6 Å². The molecular weight excluding hydrogens is 324 g/mol. The van der Waals surface area contributed by atoms with E-state index in [4.69, 9.17) is 4.98 Å². The summed E-state index contributed by atoms with van der Waals surface area (Å²) in [6.07, 6.45) is 3.71. The van der Waals surface area contributed by atoms with E-state index in [1.54, 1.807) is 0 Å². The molecule has 6 nitrogen and oxygen atoms in total. The first kappa shape index (κ1) is 16.4. The normalized spacial score (nSPS) is 11.4. The van der Waals surface area contributed by atoms with Gasteiger partial charge in [0.25, 0.3) is 0 Å². The Bertz CT molecular complexity index is 1070. The van der Waals surface area contributed by atoms with Gasteiger partial charge >= 0.3 is 0 Å². The summed E-state index contributed by atoms with van der Waals surface area (Å²) in [4.78, 5) is 16.1. The molecule has 0 radical (unpaired) electrons. The number of aromatic nitrogens is 5. The van der Waals surface area contributed by atoms with Crippen molar-refractivity contribution in [2.45, 2.75) is 13.5 Å². The van der Waals surface area contributed by atoms with Crippen LogP contribution in [0.3, 0.4) is 0 Å². The van der Waals surface area contributed by atoms with Crippen molar-refractivity contribution < 1.29 is 0 Å². The van der Waals surface area contributed by atoms with Crippen LogP contribution >= 0.6 is 0 Å². The van der Waals surface area contributed by atoms with Crippen LogP contribution in [0.25, 0.3) is 33.7 Å². The maximum Gasteiger partial charge on any atom is 0.120 e. The SMILES string of the molecule is Cc1cccc(-c2n[nH]cc2-c2ccc3nccc(CN(C)C)c3n2)n1. The lowest BCUT2D eigenvalue weighted by atomic mass is 10.1. The Morgan fingerprint density at radius 3 is 2.69 bits per heavy atom. The van der Waals surface area contributed by atoms with E-state index in [0.29, 0.717) is 0 Å². The van der Waals surface area contributed by atoms with Crippen LogP contribution in [0, 0.1) is 6.92 Å². The predicted molar refractivity (Wildman–Crippen MR) is 102 cm³/mol. The summed E-state index contributed by atoms with van der Waals surface area (Å²) in [7, 11) is 4.10. The summed E-state index contributed by atoms with van der Waals surface area (Å²) in [5.74, 6) is 0. The average Bonchev–Trinajstić information content (AvgIpc) is 3.11. The fraction of sp³-hybridized carbons (Fsp3) is 0.200. The highest BCUT2D eigenvalue weighted by molar-refractivity contribution is 5.84. The lowest BCUT2D eigenvalue weighted by molar-refractivity contribution is 0.404. The Balaban J connectivity index is 1.85. The Kier molecular flexibility index (Phi) is 4.18. The molecule has 0 aliphatic rings. The van der Waals surface area contributed by atoms with Gasteiger partial charge in [-0.1, -0.05) is 6.07 Å². The number of rotatable bonds is 4. The van der Waals surface area contributed by atoms with Crippen molar-refractivity contribution in [2.75, 3.05) is 14.1 Å². The van der Waals surface area contributed by atoms with Crippen molar-refractivity contribution in [1.29, 1.82) is 0 Å². The van der Waals surface area contributed by atoms with Crippen molar-refractivity contribution in [2.24, 2.45) is 0 Å². The van der Waals surface area contributed by atoms with E-state index in [2.05, 4.69) is 25.1 Å². The van der Waals surface area contributed by atoms with Crippen LogP contribution < -0.4 is 0 Å². The molecule has 4 heterocycles. The zero-order chi connectivity index (χ0) is 18.1. The Morgan fingerprint density at radius 1 is 1.00 bits per heavy atom. The minimum absolute atomic E-state index is 0.804. The molecule has 4 rings (SSSR count). The zero-order valence-electron chi connectivity index (χ0n) is 15.1. The second-order valence-corrected chi connectivity index (χ2v) is 6.58. The van der Waals surface area contributed by atoms with Crippen LogP contribution in [0.1, 0.15) is 11.3 Å². The molecule has 1 N–H and O–H groups in total. The lowest BCUT2D eigenvalue weighted by Crippen LogP contribution is -2.11. The van der Waals surface area contributed by atoms with Gasteiger partial charge in [-0.2, -0.15) is 5.10 Å². The summed E-state index contributed by atoms with van der Waals surface area (Å²) in [5, 5.41) is 7.36. The van der Waals surface area contributed by atoms with Crippen molar-refractivity contribution in [3.63, 3.8) is 0 Å². The number of nitrogens with one attached hydrogen (secondary N) is 1. The first-order valence-electron chi connectivity index (χ1n) is 8.49. The second-order valence-electron chi connectivity index (χ2n) is 6.58. The van der Waals surface area contributed by atoms with E-state index in [9.17, 15) is 0 Å². The minimum Gasteiger partial charge on any atom is -0.305 e. The standard InChI is InChI=1S/C20H20N6/c1-13-5-4-6-18(23-13)20-15(11-22-25-20)16-7-8-17-19(24-16)14(9-10-21-17)12-26(2)3/h4-11H,12H2,1-3H3,(H,22,25). The molecule has 6 heteroatoms. The maximum atomic E-state index is 4.90. The molecule has 0 fully saturated rings. The van der Waals surface area contributed by atoms with E-state index in [1.165, 1.54) is 0 Å². The molecule has 0 aromatic carbocycles. The zero-order valence-corrected chi connectivity index (χ0v) is 15.1. The van der Waals surface area contributed by atoms with Crippen molar-refractivity contribution in [3.05, 3.63) is 60.0 Å². The third-order valence-electron chi connectivity index (χ3n) is 4.20. The van der Waals surface area contributed by atoms with Gasteiger partial charge in [0.2, 0.25) is 0 Å². The topological polar surface area (TPSA) is 70.6 Å². The average molecular weight is 344 g/mol. The van der Waals surface area contributed by atoms with Gasteiger partial charge in [-0.15, -0.1) is 0 Å². The van der Waals surface area contributed by atoms with Gasteiger partial charge in [0.05, 0.1) is 22.4 Å². The number of pyridine rings is 3. The monoisotopic (exact) mass is 344 g/mol. The summed E-state index contributed by atoms with van der Waals surface area (Å²) in [6, 6.07) is 12.0. The van der Waals surface area contributed by atoms with Gasteiger partial charge in [0.1, 0.15) is 5.69 Å². The summed E-state index contributed by atoms with van der Waals surface area (Å²) in [6.45, 7) is 2.79. The number of fused-ring (bicyclic) bond motifs is 1. The Hall–Kier alpha value is -3.12. The maximum absolute atomic E-state index is 4.90. The molecular formula is C20H20N6. The number of H-pyrrole nitrogens is 1. The van der Waals surface area contributed by atoms with Gasteiger partial charge < -0.3 is 4.90 Å². The van der Waals surface area contributed by atoms with E-state index in [0.717, 1.165) is 51.5 Å². The quantitative estimate of drug-likeness (QED) is 0.614. The molecule has 0 aliphatic heterocycles. The number of aryl methyl sites for hydroxylation is 1. The molecule has 0 atom stereocenters. The predicted octanol–water partition coefficient (Wildman–Crippen LogP) is 3.45. The van der Waals surface area contributed by atoms with Crippen LogP contribution in [-0.2, 0) is 6.54 Å². The third kappa shape index (κ3) is 3.07. The van der Waals surface area contributed by atoms with Gasteiger partial charge in [-0.05, 0) is 56.9 Å². The fourth-order valence-electron chi connectivity index (χ4n) is 3.05. The smallest absolute Gasteiger partial charge is 0.120 e. The van der Waals surface area contributed by atoms with Crippen LogP contribution in [0.15, 0.2) is 48.8 Å². The molecule has 0 saturated heterocycles. The molecule has 0 saturated carbocycles. The van der Waals surface area contributed by atoms with Crippen molar-refractivity contribution >= 4 is 11.0 Å². The van der Waals surface area contributed by atoms with Crippen LogP contribution in [0.2, 0.25) is 0 Å². The molecule has 0 aliphatic carbocycles. The number of hydrogen-bond acceptors (Lipinski definition) is 5. The van der Waals surface area contributed by atoms with Gasteiger partial charge in [0, 0.05) is 30.2 Å². The third-order valence-corrected chi connectivity index (χ3v) is 4.20. The number of hydrogen-bond donors (Lipinski definition) is 1. The highest BCUT2D eigenvalue weighted by atomic mass is 15.1. The molecule has 0 spiro atoms. The molecule has 0 amide bonds. The van der Waals surface area contributed by atoms with E-state index >= 15 is 0 Å². The van der Waals surface area contributed by atoms with Crippen LogP contribution in [0.5, 0.6) is 0 Å². The van der Waals surface area contributed by atoms with Gasteiger partial charge in [-0.25, -0.2) is 4.98 Å². The van der Waals surface area contributed by atoms with Crippen LogP contribution in [0.4, 0.5) is 0 Å². The molecule has 26 heavy (non-hydrogen) atoms. The van der Waals surface area contributed by atoms with Gasteiger partial charge in [0.15, 0.2) is 0 Å². The fourth-order valence-corrected chi connectivity index (χ4v) is 3.05. The molecule has 130 valence electrons. The molecule has 4 aromatic rings. The van der Waals surface area contributed by atoms with E-state index in [1.807, 2.05) is 69.8 Å². The minimum atomic E-state index is 0.804. The van der Waals surface area contributed by atoms with E-state index < -0.39 is 0 Å². The van der Waals surface area contributed by atoms with Crippen LogP contribution in [-0.4, -0.2) is 44.1 Å². The molecule has 4 aromatic heterocycles. The number of nitrogens with zero attached hydrogens (tertiary/aromatic N) is 5. The Morgan fingerprint density at radius 2 is 1.88 bits per heavy atom. The van der Waals surface area contributed by atoms with E-state index in [-0.39, 0.29) is 0 Å². The first-order chi connectivity index (χ1) is 12.6. The van der Waals surface area contributed by atoms with Crippen molar-refractivity contribution in [1.82, 2.24) is 30.0 Å². The number of aromatic amines is 1. The summed E-state index contributed by atoms with van der Waals surface area (Å²) in [5.41, 5.74) is 7.36.